The minimum atomic E-state index is -0.574. The Kier molecular flexibility index (Phi) is 5.44. The maximum atomic E-state index is 12.8. The molecule has 0 bridgehead atoms. The van der Waals surface area contributed by atoms with E-state index in [0.717, 1.165) is 5.56 Å². The van der Waals surface area contributed by atoms with Crippen LogP contribution < -0.4 is 9.47 Å². The Morgan fingerprint density at radius 1 is 1.24 bits per heavy atom. The topological polar surface area (TPSA) is 88.4 Å². The highest BCUT2D eigenvalue weighted by Gasteiger charge is 2.20. The van der Waals surface area contributed by atoms with Crippen molar-refractivity contribution in [2.75, 3.05) is 13.2 Å². The Morgan fingerprint density at radius 2 is 2.03 bits per heavy atom. The fraction of sp³-hybridized carbons (Fsp3) is 0.200. The molecule has 0 saturated carbocycles. The van der Waals surface area contributed by atoms with Crippen molar-refractivity contribution in [3.05, 3.63) is 64.4 Å². The van der Waals surface area contributed by atoms with E-state index in [0.29, 0.717) is 41.1 Å². The van der Waals surface area contributed by atoms with Crippen LogP contribution in [0.25, 0.3) is 11.8 Å². The van der Waals surface area contributed by atoms with Crippen LogP contribution in [0.1, 0.15) is 17.0 Å². The number of benzene rings is 2. The van der Waals surface area contributed by atoms with Gasteiger partial charge in [0, 0.05) is 0 Å². The van der Waals surface area contributed by atoms with Gasteiger partial charge in [0.2, 0.25) is 0 Å². The molecular formula is C20H17ClN4O4. The number of tetrazole rings is 1. The van der Waals surface area contributed by atoms with Crippen LogP contribution in [0, 0.1) is 6.92 Å². The molecule has 0 spiro atoms. The van der Waals surface area contributed by atoms with E-state index in [1.54, 1.807) is 25.1 Å². The Bertz CT molecular complexity index is 1070. The van der Waals surface area contributed by atoms with Crippen molar-refractivity contribution in [3.8, 4) is 11.5 Å². The molecule has 3 aromatic rings. The Labute approximate surface area is 171 Å². The van der Waals surface area contributed by atoms with E-state index >= 15 is 0 Å². The lowest BCUT2D eigenvalue weighted by molar-refractivity contribution is -0.138. The standard InChI is InChI=1S/C20H17ClN4O4/c1-13-22-23-24-25(13)17(10-14-5-3-2-4-6-14)20(26)29-12-15-9-16(21)19-18(11-15)27-7-8-28-19/h2-6,9-11H,7-8,12H2,1H3/b17-10-. The normalized spacial score (nSPS) is 13.2. The molecule has 0 amide bonds. The first kappa shape index (κ1) is 18.9. The highest BCUT2D eigenvalue weighted by molar-refractivity contribution is 6.32. The summed E-state index contributed by atoms with van der Waals surface area (Å²) in [5.41, 5.74) is 1.69. The highest BCUT2D eigenvalue weighted by atomic mass is 35.5. The van der Waals surface area contributed by atoms with Gasteiger partial charge >= 0.3 is 5.97 Å². The van der Waals surface area contributed by atoms with Gasteiger partial charge in [-0.05, 0) is 46.7 Å². The minimum Gasteiger partial charge on any atom is -0.486 e. The fourth-order valence-electron chi connectivity index (χ4n) is 2.84. The van der Waals surface area contributed by atoms with Crippen molar-refractivity contribution in [2.45, 2.75) is 13.5 Å². The lowest BCUT2D eigenvalue weighted by atomic mass is 10.2. The van der Waals surface area contributed by atoms with Crippen LogP contribution in [0.2, 0.25) is 5.02 Å². The lowest BCUT2D eigenvalue weighted by Crippen LogP contribution is -2.17. The third-order valence-corrected chi connectivity index (χ3v) is 4.47. The molecule has 8 nitrogen and oxygen atoms in total. The second-order valence-corrected chi connectivity index (χ2v) is 6.66. The van der Waals surface area contributed by atoms with Crippen molar-refractivity contribution >= 4 is 29.3 Å². The van der Waals surface area contributed by atoms with Crippen LogP contribution in [-0.4, -0.2) is 39.4 Å². The monoisotopic (exact) mass is 412 g/mol. The van der Waals surface area contributed by atoms with E-state index in [1.807, 2.05) is 30.3 Å². The number of carbonyl (C=O) groups is 1. The van der Waals surface area contributed by atoms with Crippen LogP contribution in [0.5, 0.6) is 11.5 Å². The summed E-state index contributed by atoms with van der Waals surface area (Å²) >= 11 is 6.25. The second-order valence-electron chi connectivity index (χ2n) is 6.26. The largest absolute Gasteiger partial charge is 0.486 e. The van der Waals surface area contributed by atoms with E-state index in [-0.39, 0.29) is 12.3 Å². The molecule has 4 rings (SSSR count). The van der Waals surface area contributed by atoms with Crippen molar-refractivity contribution in [1.82, 2.24) is 20.2 Å². The summed E-state index contributed by atoms with van der Waals surface area (Å²) < 4.78 is 17.9. The van der Waals surface area contributed by atoms with Gasteiger partial charge in [-0.2, -0.15) is 4.68 Å². The SMILES string of the molecule is Cc1nnnn1/C(=C\c1ccccc1)C(=O)OCc1cc(Cl)c2c(c1)OCCO2. The molecule has 9 heteroatoms. The molecule has 0 unspecified atom stereocenters. The maximum Gasteiger partial charge on any atom is 0.357 e. The first-order chi connectivity index (χ1) is 14.1. The molecule has 2 aromatic carbocycles. The van der Waals surface area contributed by atoms with E-state index in [4.69, 9.17) is 25.8 Å². The van der Waals surface area contributed by atoms with Gasteiger partial charge in [0.15, 0.2) is 23.0 Å². The Morgan fingerprint density at radius 3 is 2.79 bits per heavy atom. The first-order valence-electron chi connectivity index (χ1n) is 8.89. The van der Waals surface area contributed by atoms with Gasteiger partial charge in [0.1, 0.15) is 19.8 Å². The summed E-state index contributed by atoms with van der Waals surface area (Å²) in [6, 6.07) is 12.8. The molecule has 0 atom stereocenters. The molecule has 29 heavy (non-hydrogen) atoms. The van der Waals surface area contributed by atoms with Gasteiger partial charge in [-0.25, -0.2) is 4.79 Å². The van der Waals surface area contributed by atoms with Crippen molar-refractivity contribution < 1.29 is 19.0 Å². The number of halogens is 1. The second kappa shape index (κ2) is 8.32. The van der Waals surface area contributed by atoms with Gasteiger partial charge in [0.25, 0.3) is 0 Å². The van der Waals surface area contributed by atoms with Gasteiger partial charge in [-0.3, -0.25) is 0 Å². The summed E-state index contributed by atoms with van der Waals surface area (Å²) in [5.74, 6) is 0.926. The van der Waals surface area contributed by atoms with Crippen LogP contribution in [0.4, 0.5) is 0 Å². The quantitative estimate of drug-likeness (QED) is 0.469. The summed E-state index contributed by atoms with van der Waals surface area (Å²) in [4.78, 5) is 12.8. The predicted molar refractivity (Wildman–Crippen MR) is 105 cm³/mol. The zero-order valence-electron chi connectivity index (χ0n) is 15.5. The number of aromatic nitrogens is 4. The van der Waals surface area contributed by atoms with Gasteiger partial charge in [-0.1, -0.05) is 41.9 Å². The summed E-state index contributed by atoms with van der Waals surface area (Å²) in [6.45, 7) is 2.59. The molecule has 148 valence electrons. The van der Waals surface area contributed by atoms with Gasteiger partial charge < -0.3 is 14.2 Å². The minimum absolute atomic E-state index is 0.00248. The third kappa shape index (κ3) is 4.22. The number of fused-ring (bicyclic) bond motifs is 1. The molecule has 0 radical (unpaired) electrons. The van der Waals surface area contributed by atoms with Crippen LogP contribution in [0.15, 0.2) is 42.5 Å². The lowest BCUT2D eigenvalue weighted by Gasteiger charge is -2.20. The van der Waals surface area contributed by atoms with E-state index in [2.05, 4.69) is 15.5 Å². The molecule has 1 aliphatic heterocycles. The fourth-order valence-corrected chi connectivity index (χ4v) is 3.13. The van der Waals surface area contributed by atoms with Crippen LogP contribution in [0.3, 0.4) is 0 Å². The van der Waals surface area contributed by atoms with Crippen LogP contribution >= 0.6 is 11.6 Å². The summed E-state index contributed by atoms with van der Waals surface area (Å²) in [5, 5.41) is 11.8. The van der Waals surface area contributed by atoms with Gasteiger partial charge in [-0.15, -0.1) is 5.10 Å². The number of esters is 1. The number of rotatable bonds is 5. The number of nitrogens with zero attached hydrogens (tertiary/aromatic N) is 4. The van der Waals surface area contributed by atoms with Crippen molar-refractivity contribution in [1.29, 1.82) is 0 Å². The Hall–Kier alpha value is -3.39. The van der Waals surface area contributed by atoms with E-state index < -0.39 is 5.97 Å². The molecular weight excluding hydrogens is 396 g/mol. The first-order valence-corrected chi connectivity index (χ1v) is 9.27. The number of ether oxygens (including phenoxy) is 3. The molecule has 0 aliphatic carbocycles. The average Bonchev–Trinajstić information content (AvgIpc) is 3.16. The van der Waals surface area contributed by atoms with E-state index in [1.165, 1.54) is 4.68 Å². The number of hydrogen-bond acceptors (Lipinski definition) is 7. The Balaban J connectivity index is 1.57. The molecule has 1 aliphatic rings. The number of carbonyl (C=O) groups excluding carboxylic acids is 1. The zero-order chi connectivity index (χ0) is 20.2. The molecule has 0 fully saturated rings. The predicted octanol–water partition coefficient (Wildman–Crippen LogP) is 3.15. The van der Waals surface area contributed by atoms with E-state index in [9.17, 15) is 4.79 Å². The smallest absolute Gasteiger partial charge is 0.357 e. The average molecular weight is 413 g/mol. The summed E-state index contributed by atoms with van der Waals surface area (Å²) in [7, 11) is 0. The third-order valence-electron chi connectivity index (χ3n) is 4.19. The zero-order valence-corrected chi connectivity index (χ0v) is 16.3. The van der Waals surface area contributed by atoms with Crippen molar-refractivity contribution in [2.24, 2.45) is 0 Å². The number of hydrogen-bond donors (Lipinski definition) is 0. The van der Waals surface area contributed by atoms with Crippen LogP contribution in [-0.2, 0) is 16.1 Å². The highest BCUT2D eigenvalue weighted by Crippen LogP contribution is 2.38. The molecule has 1 aromatic heterocycles. The molecule has 2 heterocycles. The molecule has 0 saturated heterocycles. The molecule has 0 N–H and O–H groups in total. The maximum absolute atomic E-state index is 12.8. The van der Waals surface area contributed by atoms with Gasteiger partial charge in [0.05, 0.1) is 5.02 Å². The van der Waals surface area contributed by atoms with Crippen molar-refractivity contribution in [3.63, 3.8) is 0 Å². The summed E-state index contributed by atoms with van der Waals surface area (Å²) in [6.07, 6.45) is 1.67. The number of aryl methyl sites for hydroxylation is 1.